The maximum absolute atomic E-state index is 12.0. The Morgan fingerprint density at radius 3 is 2.29 bits per heavy atom. The Morgan fingerprint density at radius 1 is 1.43 bits per heavy atom. The van der Waals surface area contributed by atoms with Gasteiger partial charge in [-0.25, -0.2) is 4.68 Å². The Morgan fingerprint density at radius 2 is 2.00 bits per heavy atom. The molecule has 0 aliphatic carbocycles. The molecular weight excluding hydrogens is 211 g/mol. The summed E-state index contributed by atoms with van der Waals surface area (Å²) in [6, 6.07) is 0.381. The highest BCUT2D eigenvalue weighted by molar-refractivity contribution is 5.12. The highest BCUT2D eigenvalue weighted by Crippen LogP contribution is 2.29. The van der Waals surface area contributed by atoms with E-state index < -0.39 is 30.7 Å². The number of aliphatic hydroxyl groups excluding tert-OH is 1. The molecule has 3 nitrogen and oxygen atoms in total. The molecule has 0 bridgehead atoms. The van der Waals surface area contributed by atoms with E-state index in [0.717, 1.165) is 0 Å². The highest BCUT2D eigenvalue weighted by Gasteiger charge is 2.35. The molecule has 0 atom stereocenters. The topological polar surface area (TPSA) is 38.1 Å². The first-order chi connectivity index (χ1) is 6.36. The monoisotopic (exact) mass is 216 g/mol. The summed E-state index contributed by atoms with van der Waals surface area (Å²) >= 11 is 0. The number of aliphatic hydroxyl groups is 1. The van der Waals surface area contributed by atoms with Crippen molar-refractivity contribution in [3.63, 3.8) is 0 Å². The van der Waals surface area contributed by atoms with Crippen LogP contribution in [-0.2, 0) is 12.8 Å². The van der Waals surface area contributed by atoms with Crippen molar-refractivity contribution in [2.75, 3.05) is 0 Å². The van der Waals surface area contributed by atoms with E-state index in [0.29, 0.717) is 6.07 Å². The summed E-state index contributed by atoms with van der Waals surface area (Å²) in [5.41, 5.74) is -2.02. The average molecular weight is 216 g/mol. The first-order valence-corrected chi connectivity index (χ1v) is 3.41. The summed E-state index contributed by atoms with van der Waals surface area (Å²) < 4.78 is 59.8. The van der Waals surface area contributed by atoms with Crippen LogP contribution >= 0.6 is 0 Å². The van der Waals surface area contributed by atoms with E-state index in [1.807, 2.05) is 0 Å². The first kappa shape index (κ1) is 10.9. The second kappa shape index (κ2) is 3.52. The molecular formula is C6H5F5N2O. The Balaban J connectivity index is 3.13. The summed E-state index contributed by atoms with van der Waals surface area (Å²) in [4.78, 5) is 0. The van der Waals surface area contributed by atoms with Crippen LogP contribution < -0.4 is 0 Å². The van der Waals surface area contributed by atoms with Gasteiger partial charge in [0, 0.05) is 0 Å². The molecule has 0 amide bonds. The third kappa shape index (κ3) is 2.00. The van der Waals surface area contributed by atoms with Gasteiger partial charge in [-0.3, -0.25) is 0 Å². The van der Waals surface area contributed by atoms with E-state index in [9.17, 15) is 22.0 Å². The lowest BCUT2D eigenvalue weighted by atomic mass is 10.3. The molecule has 0 fully saturated rings. The van der Waals surface area contributed by atoms with Gasteiger partial charge in [-0.15, -0.1) is 0 Å². The fourth-order valence-corrected chi connectivity index (χ4v) is 0.859. The molecule has 1 aromatic rings. The van der Waals surface area contributed by atoms with E-state index >= 15 is 0 Å². The molecule has 1 rings (SSSR count). The number of rotatable bonds is 2. The zero-order valence-electron chi connectivity index (χ0n) is 6.59. The molecule has 1 heterocycles. The normalized spacial score (nSPS) is 12.5. The SMILES string of the molecule is OCc1cc(C(F)(F)F)nn1C(F)F. The van der Waals surface area contributed by atoms with Crippen LogP contribution in [0.2, 0.25) is 0 Å². The van der Waals surface area contributed by atoms with Crippen molar-refractivity contribution in [3.05, 3.63) is 17.5 Å². The number of nitrogens with zero attached hydrogens (tertiary/aromatic N) is 2. The van der Waals surface area contributed by atoms with Crippen molar-refractivity contribution in [2.24, 2.45) is 0 Å². The van der Waals surface area contributed by atoms with Crippen molar-refractivity contribution in [1.29, 1.82) is 0 Å². The summed E-state index contributed by atoms with van der Waals surface area (Å²) in [5.74, 6) is 0. The molecule has 0 aromatic carbocycles. The number of hydrogen-bond donors (Lipinski definition) is 1. The second-order valence-corrected chi connectivity index (χ2v) is 2.40. The molecule has 80 valence electrons. The number of alkyl halides is 5. The zero-order valence-corrected chi connectivity index (χ0v) is 6.59. The van der Waals surface area contributed by atoms with E-state index in [2.05, 4.69) is 5.10 Å². The largest absolute Gasteiger partial charge is 0.435 e. The molecule has 1 N–H and O–H groups in total. The van der Waals surface area contributed by atoms with Crippen molar-refractivity contribution < 1.29 is 27.1 Å². The van der Waals surface area contributed by atoms with Gasteiger partial charge in [0.2, 0.25) is 0 Å². The fourth-order valence-electron chi connectivity index (χ4n) is 0.859. The third-order valence-corrected chi connectivity index (χ3v) is 1.45. The molecule has 0 aliphatic heterocycles. The van der Waals surface area contributed by atoms with Crippen LogP contribution in [0.25, 0.3) is 0 Å². The van der Waals surface area contributed by atoms with Gasteiger partial charge in [0.05, 0.1) is 12.3 Å². The van der Waals surface area contributed by atoms with Gasteiger partial charge >= 0.3 is 12.7 Å². The van der Waals surface area contributed by atoms with E-state index in [4.69, 9.17) is 5.11 Å². The predicted octanol–water partition coefficient (Wildman–Crippen LogP) is 1.79. The highest BCUT2D eigenvalue weighted by atomic mass is 19.4. The maximum Gasteiger partial charge on any atom is 0.435 e. The summed E-state index contributed by atoms with van der Waals surface area (Å²) in [6.07, 6.45) is -4.79. The predicted molar refractivity (Wildman–Crippen MR) is 34.4 cm³/mol. The van der Waals surface area contributed by atoms with Gasteiger partial charge in [0.15, 0.2) is 5.69 Å². The van der Waals surface area contributed by atoms with Crippen LogP contribution in [0.15, 0.2) is 6.07 Å². The molecule has 14 heavy (non-hydrogen) atoms. The minimum atomic E-state index is -4.79. The van der Waals surface area contributed by atoms with Crippen molar-refractivity contribution in [1.82, 2.24) is 9.78 Å². The molecule has 0 saturated heterocycles. The Kier molecular flexibility index (Phi) is 2.74. The zero-order chi connectivity index (χ0) is 10.9. The Hall–Kier alpha value is -1.18. The lowest BCUT2D eigenvalue weighted by Gasteiger charge is -2.02. The maximum atomic E-state index is 12.0. The average Bonchev–Trinajstić information content (AvgIpc) is 2.45. The first-order valence-electron chi connectivity index (χ1n) is 3.41. The number of halogens is 5. The fraction of sp³-hybridized carbons (Fsp3) is 0.500. The van der Waals surface area contributed by atoms with Gasteiger partial charge in [0.1, 0.15) is 0 Å². The summed E-state index contributed by atoms with van der Waals surface area (Å²) in [6.45, 7) is -4.12. The Labute approximate surface area is 74.8 Å². The van der Waals surface area contributed by atoms with Crippen molar-refractivity contribution >= 4 is 0 Å². The lowest BCUT2D eigenvalue weighted by molar-refractivity contribution is -0.142. The summed E-state index contributed by atoms with van der Waals surface area (Å²) in [7, 11) is 0. The van der Waals surface area contributed by atoms with Gasteiger partial charge in [-0.1, -0.05) is 0 Å². The van der Waals surface area contributed by atoms with Crippen LogP contribution in [0.1, 0.15) is 17.9 Å². The van der Waals surface area contributed by atoms with Crippen LogP contribution in [-0.4, -0.2) is 14.9 Å². The van der Waals surface area contributed by atoms with Crippen LogP contribution in [0.5, 0.6) is 0 Å². The van der Waals surface area contributed by atoms with Crippen LogP contribution in [0, 0.1) is 0 Å². The van der Waals surface area contributed by atoms with Crippen LogP contribution in [0.3, 0.4) is 0 Å². The van der Waals surface area contributed by atoms with Crippen LogP contribution in [0.4, 0.5) is 22.0 Å². The van der Waals surface area contributed by atoms with Gasteiger partial charge in [-0.2, -0.15) is 27.1 Å². The molecule has 0 saturated carbocycles. The van der Waals surface area contributed by atoms with E-state index in [-0.39, 0.29) is 4.68 Å². The lowest BCUT2D eigenvalue weighted by Crippen LogP contribution is -2.09. The molecule has 0 spiro atoms. The van der Waals surface area contributed by atoms with E-state index in [1.165, 1.54) is 0 Å². The second-order valence-electron chi connectivity index (χ2n) is 2.40. The van der Waals surface area contributed by atoms with Crippen molar-refractivity contribution in [2.45, 2.75) is 19.3 Å². The standard InChI is InChI=1S/C6H5F5N2O/c7-5(8)13-3(2-14)1-4(12-13)6(9,10)11/h1,5,14H,2H2. The molecule has 0 radical (unpaired) electrons. The summed E-state index contributed by atoms with van der Waals surface area (Å²) in [5, 5.41) is 11.1. The van der Waals surface area contributed by atoms with Gasteiger partial charge < -0.3 is 5.11 Å². The smallest absolute Gasteiger partial charge is 0.390 e. The number of hydrogen-bond acceptors (Lipinski definition) is 2. The molecule has 0 aliphatic rings. The third-order valence-electron chi connectivity index (χ3n) is 1.45. The van der Waals surface area contributed by atoms with Gasteiger partial charge in [-0.05, 0) is 6.07 Å². The molecule has 8 heteroatoms. The van der Waals surface area contributed by atoms with Gasteiger partial charge in [0.25, 0.3) is 0 Å². The Bertz CT molecular complexity index is 319. The minimum absolute atomic E-state index is 0.164. The van der Waals surface area contributed by atoms with Crippen molar-refractivity contribution in [3.8, 4) is 0 Å². The van der Waals surface area contributed by atoms with E-state index in [1.54, 1.807) is 0 Å². The molecule has 0 unspecified atom stereocenters. The number of aromatic nitrogens is 2. The molecule has 1 aromatic heterocycles. The minimum Gasteiger partial charge on any atom is -0.390 e. The quantitative estimate of drug-likeness (QED) is 0.765.